The van der Waals surface area contributed by atoms with Gasteiger partial charge in [0.05, 0.1) is 5.92 Å². The molecule has 3 rings (SSSR count). The average molecular weight is 358 g/mol. The van der Waals surface area contributed by atoms with Gasteiger partial charge in [0.2, 0.25) is 0 Å². The summed E-state index contributed by atoms with van der Waals surface area (Å²) in [5.74, 6) is 0.680. The van der Waals surface area contributed by atoms with Gasteiger partial charge in [-0.15, -0.1) is 0 Å². The van der Waals surface area contributed by atoms with E-state index in [1.165, 1.54) is 0 Å². The summed E-state index contributed by atoms with van der Waals surface area (Å²) in [5.41, 5.74) is 1.20. The molecule has 0 spiro atoms. The molecule has 142 valence electrons. The summed E-state index contributed by atoms with van der Waals surface area (Å²) in [6, 6.07) is 7.16. The monoisotopic (exact) mass is 358 g/mol. The molecule has 26 heavy (non-hydrogen) atoms. The molecule has 4 heteroatoms. The third kappa shape index (κ3) is 4.60. The molecule has 0 amide bonds. The van der Waals surface area contributed by atoms with Gasteiger partial charge in [0.15, 0.2) is 11.6 Å². The average Bonchev–Trinajstić information content (AvgIpc) is 2.92. The first-order valence-corrected chi connectivity index (χ1v) is 10.1. The first-order chi connectivity index (χ1) is 12.7. The fourth-order valence-electron chi connectivity index (χ4n) is 4.23. The number of carbonyl (C=O) groups excluding carboxylic acids is 2. The number of carbonyl (C=O) groups is 2. The van der Waals surface area contributed by atoms with Gasteiger partial charge in [-0.2, -0.15) is 0 Å². The maximum Gasteiger partial charge on any atom is 0.174 e. The van der Waals surface area contributed by atoms with Crippen molar-refractivity contribution in [2.75, 3.05) is 19.8 Å². The van der Waals surface area contributed by atoms with Crippen LogP contribution in [0.1, 0.15) is 72.1 Å². The molecule has 0 aromatic heterocycles. The second kappa shape index (κ2) is 9.43. The van der Waals surface area contributed by atoms with Crippen LogP contribution in [-0.2, 0) is 4.74 Å². The number of ketones is 2. The molecule has 1 aromatic rings. The minimum absolute atomic E-state index is 0.000307. The fourth-order valence-corrected chi connectivity index (χ4v) is 4.23. The van der Waals surface area contributed by atoms with Gasteiger partial charge >= 0.3 is 0 Å². The van der Waals surface area contributed by atoms with E-state index in [4.69, 9.17) is 9.84 Å². The predicted octanol–water partition coefficient (Wildman–Crippen LogP) is 4.06. The summed E-state index contributed by atoms with van der Waals surface area (Å²) >= 11 is 0. The van der Waals surface area contributed by atoms with Gasteiger partial charge in [0.1, 0.15) is 0 Å². The van der Waals surface area contributed by atoms with Crippen molar-refractivity contribution in [1.82, 2.24) is 0 Å². The number of aliphatic hydroxyl groups is 1. The molecule has 0 unspecified atom stereocenters. The number of fused-ring (bicyclic) bond motifs is 1. The zero-order chi connectivity index (χ0) is 18.4. The van der Waals surface area contributed by atoms with E-state index in [0.717, 1.165) is 58.2 Å². The number of unbranched alkanes of at least 4 members (excludes halogenated alkanes) is 2. The summed E-state index contributed by atoms with van der Waals surface area (Å²) in [6.07, 6.45) is 8.08. The Balaban J connectivity index is 1.26. The van der Waals surface area contributed by atoms with Crippen LogP contribution in [-0.4, -0.2) is 36.5 Å². The Morgan fingerprint density at radius 2 is 1.50 bits per heavy atom. The minimum Gasteiger partial charge on any atom is -0.396 e. The summed E-state index contributed by atoms with van der Waals surface area (Å²) < 4.78 is 5.81. The van der Waals surface area contributed by atoms with E-state index in [2.05, 4.69) is 0 Å². The van der Waals surface area contributed by atoms with Crippen LogP contribution in [0.15, 0.2) is 24.3 Å². The van der Waals surface area contributed by atoms with Crippen molar-refractivity contribution in [1.29, 1.82) is 0 Å². The first-order valence-electron chi connectivity index (χ1n) is 10.1. The second-order valence-corrected chi connectivity index (χ2v) is 7.82. The topological polar surface area (TPSA) is 63.6 Å². The molecular formula is C22H30O4. The van der Waals surface area contributed by atoms with Gasteiger partial charge < -0.3 is 9.84 Å². The maximum atomic E-state index is 12.3. The Morgan fingerprint density at radius 3 is 2.12 bits per heavy atom. The molecule has 1 aromatic carbocycles. The van der Waals surface area contributed by atoms with Crippen LogP contribution in [0.25, 0.3) is 0 Å². The molecule has 2 aliphatic carbocycles. The maximum absolute atomic E-state index is 12.3. The Morgan fingerprint density at radius 1 is 0.885 bits per heavy atom. The third-order valence-corrected chi connectivity index (χ3v) is 5.95. The number of Topliss-reactive ketones (excluding diaryl/α,β-unsaturated/α-hetero) is 2. The van der Waals surface area contributed by atoms with Gasteiger partial charge in [0, 0.05) is 30.9 Å². The Bertz CT molecular complexity index is 581. The van der Waals surface area contributed by atoms with Crippen molar-refractivity contribution in [3.63, 3.8) is 0 Å². The summed E-state index contributed by atoms with van der Waals surface area (Å²) in [5, 5.41) is 9.16. The highest BCUT2D eigenvalue weighted by Crippen LogP contribution is 2.30. The van der Waals surface area contributed by atoms with Crippen LogP contribution in [0, 0.1) is 17.8 Å². The normalized spacial score (nSPS) is 23.4. The number of hydrogen-bond donors (Lipinski definition) is 1. The predicted molar refractivity (Wildman–Crippen MR) is 100 cm³/mol. The lowest BCUT2D eigenvalue weighted by molar-refractivity contribution is 0.0672. The van der Waals surface area contributed by atoms with Crippen molar-refractivity contribution in [3.05, 3.63) is 35.4 Å². The quantitative estimate of drug-likeness (QED) is 0.534. The van der Waals surface area contributed by atoms with Gasteiger partial charge in [-0.25, -0.2) is 0 Å². The largest absolute Gasteiger partial charge is 0.396 e. The molecule has 0 radical (unpaired) electrons. The molecular weight excluding hydrogens is 328 g/mol. The van der Waals surface area contributed by atoms with E-state index < -0.39 is 5.92 Å². The zero-order valence-corrected chi connectivity index (χ0v) is 15.5. The summed E-state index contributed by atoms with van der Waals surface area (Å²) in [6.45, 7) is 1.91. The van der Waals surface area contributed by atoms with Crippen molar-refractivity contribution in [3.8, 4) is 0 Å². The molecule has 0 heterocycles. The van der Waals surface area contributed by atoms with Crippen molar-refractivity contribution >= 4 is 11.6 Å². The van der Waals surface area contributed by atoms with E-state index in [9.17, 15) is 9.59 Å². The standard InChI is InChI=1S/C22H30O4/c23-14-16-9-11-17(12-10-16)15-26-13-5-1-2-8-20-21(24)18-6-3-4-7-19(18)22(20)25/h3-4,6-7,16-17,20,23H,1-2,5,8-15H2. The van der Waals surface area contributed by atoms with E-state index in [-0.39, 0.29) is 11.6 Å². The van der Waals surface area contributed by atoms with Crippen molar-refractivity contribution < 1.29 is 19.4 Å². The summed E-state index contributed by atoms with van der Waals surface area (Å²) in [4.78, 5) is 24.7. The molecule has 0 aliphatic heterocycles. The number of hydrogen-bond acceptors (Lipinski definition) is 4. The number of aliphatic hydroxyl groups excluding tert-OH is 1. The highest BCUT2D eigenvalue weighted by atomic mass is 16.5. The van der Waals surface area contributed by atoms with E-state index in [1.807, 2.05) is 12.1 Å². The Labute approximate surface area is 155 Å². The van der Waals surface area contributed by atoms with E-state index in [0.29, 0.717) is 36.0 Å². The SMILES string of the molecule is O=C1c2ccccc2C(=O)C1CCCCCOCC1CCC(CO)CC1. The van der Waals surface area contributed by atoms with Crippen LogP contribution in [0.2, 0.25) is 0 Å². The summed E-state index contributed by atoms with van der Waals surface area (Å²) in [7, 11) is 0. The lowest BCUT2D eigenvalue weighted by Gasteiger charge is -2.27. The van der Waals surface area contributed by atoms with Crippen molar-refractivity contribution in [2.24, 2.45) is 17.8 Å². The van der Waals surface area contributed by atoms with Gasteiger partial charge in [-0.3, -0.25) is 9.59 Å². The molecule has 1 N–H and O–H groups in total. The molecule has 1 saturated carbocycles. The Hall–Kier alpha value is -1.52. The molecule has 4 nitrogen and oxygen atoms in total. The zero-order valence-electron chi connectivity index (χ0n) is 15.5. The molecule has 1 fully saturated rings. The van der Waals surface area contributed by atoms with Gasteiger partial charge in [-0.1, -0.05) is 37.1 Å². The van der Waals surface area contributed by atoms with Crippen LogP contribution in [0.5, 0.6) is 0 Å². The Kier molecular flexibility index (Phi) is 6.98. The van der Waals surface area contributed by atoms with Crippen LogP contribution in [0.3, 0.4) is 0 Å². The number of ether oxygens (including phenoxy) is 1. The van der Waals surface area contributed by atoms with Crippen LogP contribution >= 0.6 is 0 Å². The van der Waals surface area contributed by atoms with Gasteiger partial charge in [-0.05, 0) is 50.4 Å². The lowest BCUT2D eigenvalue weighted by Crippen LogP contribution is -2.20. The highest BCUT2D eigenvalue weighted by Gasteiger charge is 2.37. The lowest BCUT2D eigenvalue weighted by atomic mass is 9.83. The van der Waals surface area contributed by atoms with Crippen LogP contribution < -0.4 is 0 Å². The smallest absolute Gasteiger partial charge is 0.174 e. The highest BCUT2D eigenvalue weighted by molar-refractivity contribution is 6.26. The number of rotatable bonds is 9. The molecule has 0 saturated heterocycles. The molecule has 0 bridgehead atoms. The third-order valence-electron chi connectivity index (χ3n) is 5.95. The fraction of sp³-hybridized carbons (Fsp3) is 0.636. The molecule has 2 aliphatic rings. The van der Waals surface area contributed by atoms with Gasteiger partial charge in [0.25, 0.3) is 0 Å². The first kappa shape index (κ1) is 19.2. The van der Waals surface area contributed by atoms with E-state index >= 15 is 0 Å². The molecule has 0 atom stereocenters. The number of benzene rings is 1. The second-order valence-electron chi connectivity index (χ2n) is 7.82. The minimum atomic E-state index is -0.463. The van der Waals surface area contributed by atoms with Crippen LogP contribution in [0.4, 0.5) is 0 Å². The van der Waals surface area contributed by atoms with Crippen molar-refractivity contribution in [2.45, 2.75) is 51.4 Å². The van der Waals surface area contributed by atoms with E-state index in [1.54, 1.807) is 12.1 Å².